The molecule has 3 rings (SSSR count). The first-order valence-electron chi connectivity index (χ1n) is 7.37. The van der Waals surface area contributed by atoms with Crippen LogP contribution in [0.3, 0.4) is 0 Å². The summed E-state index contributed by atoms with van der Waals surface area (Å²) in [5.41, 5.74) is 3.09. The summed E-state index contributed by atoms with van der Waals surface area (Å²) in [5, 5.41) is 2.88. The molecule has 0 saturated heterocycles. The lowest BCUT2D eigenvalue weighted by atomic mass is 10.00. The Bertz CT molecular complexity index is 696. The second-order valence-corrected chi connectivity index (χ2v) is 5.48. The highest BCUT2D eigenvalue weighted by Gasteiger charge is 2.26. The Labute approximate surface area is 130 Å². The summed E-state index contributed by atoms with van der Waals surface area (Å²) < 4.78 is 11.0. The maximum atomic E-state index is 12.4. The number of hydrogen-bond donors (Lipinski definition) is 1. The van der Waals surface area contributed by atoms with Gasteiger partial charge < -0.3 is 14.8 Å². The predicted molar refractivity (Wildman–Crippen MR) is 85.5 cm³/mol. The molecule has 22 heavy (non-hydrogen) atoms. The highest BCUT2D eigenvalue weighted by Crippen LogP contribution is 2.29. The van der Waals surface area contributed by atoms with E-state index in [0.29, 0.717) is 17.9 Å². The zero-order chi connectivity index (χ0) is 15.5. The predicted octanol–water partition coefficient (Wildman–Crippen LogP) is 3.34. The summed E-state index contributed by atoms with van der Waals surface area (Å²) >= 11 is 0. The van der Waals surface area contributed by atoms with Gasteiger partial charge in [-0.25, -0.2) is 0 Å². The van der Waals surface area contributed by atoms with Crippen LogP contribution < -0.4 is 14.8 Å². The zero-order valence-electron chi connectivity index (χ0n) is 12.8. The Kier molecular flexibility index (Phi) is 4.00. The molecule has 0 radical (unpaired) electrons. The Morgan fingerprint density at radius 3 is 2.95 bits per heavy atom. The topological polar surface area (TPSA) is 47.6 Å². The summed E-state index contributed by atoms with van der Waals surface area (Å²) in [5.74, 6) is 1.39. The molecule has 2 aromatic rings. The van der Waals surface area contributed by atoms with E-state index in [1.807, 2.05) is 30.3 Å². The van der Waals surface area contributed by atoms with Gasteiger partial charge in [0.2, 0.25) is 0 Å². The van der Waals surface area contributed by atoms with Crippen LogP contribution in [0, 0.1) is 6.92 Å². The van der Waals surface area contributed by atoms with Crippen molar-refractivity contribution in [3.05, 3.63) is 53.6 Å². The second kappa shape index (κ2) is 6.10. The van der Waals surface area contributed by atoms with Gasteiger partial charge in [-0.2, -0.15) is 0 Å². The van der Waals surface area contributed by atoms with Gasteiger partial charge in [0.1, 0.15) is 11.5 Å². The highest BCUT2D eigenvalue weighted by atomic mass is 16.5. The fourth-order valence-electron chi connectivity index (χ4n) is 2.63. The Balaban J connectivity index is 1.69. The van der Waals surface area contributed by atoms with Crippen LogP contribution in [0.4, 0.5) is 5.69 Å². The van der Waals surface area contributed by atoms with Crippen LogP contribution in [0.5, 0.6) is 11.5 Å². The summed E-state index contributed by atoms with van der Waals surface area (Å²) in [7, 11) is 1.60. The largest absolute Gasteiger partial charge is 0.497 e. The first kappa shape index (κ1) is 14.4. The second-order valence-electron chi connectivity index (χ2n) is 5.48. The van der Waals surface area contributed by atoms with Crippen molar-refractivity contribution in [1.29, 1.82) is 0 Å². The number of aryl methyl sites for hydroxylation is 2. The standard InChI is InChI=1S/C18H19NO3/c1-12-6-8-16-13(10-12)7-9-17(22-16)18(20)19-14-4-3-5-15(11-14)21-2/h3-6,8,10-11,17H,7,9H2,1-2H3,(H,19,20). The maximum absolute atomic E-state index is 12.4. The van der Waals surface area contributed by atoms with Crippen LogP contribution in [0.2, 0.25) is 0 Å². The first-order valence-corrected chi connectivity index (χ1v) is 7.37. The van der Waals surface area contributed by atoms with Gasteiger partial charge in [-0.15, -0.1) is 0 Å². The number of anilines is 1. The molecule has 114 valence electrons. The minimum Gasteiger partial charge on any atom is -0.497 e. The number of carbonyl (C=O) groups is 1. The molecule has 0 aliphatic carbocycles. The molecule has 0 spiro atoms. The van der Waals surface area contributed by atoms with Crippen molar-refractivity contribution in [1.82, 2.24) is 0 Å². The van der Waals surface area contributed by atoms with E-state index in [9.17, 15) is 4.79 Å². The zero-order valence-corrected chi connectivity index (χ0v) is 12.8. The molecule has 4 heteroatoms. The molecule has 1 heterocycles. The van der Waals surface area contributed by atoms with Gasteiger partial charge in [0, 0.05) is 11.8 Å². The van der Waals surface area contributed by atoms with Gasteiger partial charge in [-0.1, -0.05) is 23.8 Å². The van der Waals surface area contributed by atoms with E-state index in [1.54, 1.807) is 13.2 Å². The van der Waals surface area contributed by atoms with Gasteiger partial charge in [-0.05, 0) is 43.5 Å². The summed E-state index contributed by atoms with van der Waals surface area (Å²) in [6, 6.07) is 13.4. The van der Waals surface area contributed by atoms with Crippen LogP contribution in [-0.4, -0.2) is 19.1 Å². The number of carbonyl (C=O) groups excluding carboxylic acids is 1. The number of benzene rings is 2. The van der Waals surface area contributed by atoms with Crippen molar-refractivity contribution in [2.24, 2.45) is 0 Å². The maximum Gasteiger partial charge on any atom is 0.265 e. The number of hydrogen-bond acceptors (Lipinski definition) is 3. The summed E-state index contributed by atoms with van der Waals surface area (Å²) in [6.45, 7) is 2.06. The molecule has 4 nitrogen and oxygen atoms in total. The van der Waals surface area contributed by atoms with Gasteiger partial charge in [-0.3, -0.25) is 4.79 Å². The van der Waals surface area contributed by atoms with E-state index in [1.165, 1.54) is 11.1 Å². The molecule has 1 N–H and O–H groups in total. The third-order valence-electron chi connectivity index (χ3n) is 3.79. The van der Waals surface area contributed by atoms with Crippen molar-refractivity contribution in [3.8, 4) is 11.5 Å². The van der Waals surface area contributed by atoms with Gasteiger partial charge in [0.15, 0.2) is 6.10 Å². The molecule has 1 amide bonds. The van der Waals surface area contributed by atoms with E-state index in [4.69, 9.17) is 9.47 Å². The van der Waals surface area contributed by atoms with Crippen LogP contribution in [-0.2, 0) is 11.2 Å². The molecule has 0 aromatic heterocycles. The van der Waals surface area contributed by atoms with Crippen molar-refractivity contribution >= 4 is 11.6 Å². The molecule has 2 aromatic carbocycles. The highest BCUT2D eigenvalue weighted by molar-refractivity contribution is 5.94. The van der Waals surface area contributed by atoms with E-state index < -0.39 is 6.10 Å². The molecule has 0 bridgehead atoms. The molecule has 1 atom stereocenters. The van der Waals surface area contributed by atoms with Crippen molar-refractivity contribution in [3.63, 3.8) is 0 Å². The minimum absolute atomic E-state index is 0.125. The summed E-state index contributed by atoms with van der Waals surface area (Å²) in [6.07, 6.45) is 1.08. The molecule has 0 fully saturated rings. The summed E-state index contributed by atoms with van der Waals surface area (Å²) in [4.78, 5) is 12.4. The molecule has 1 aliphatic heterocycles. The van der Waals surface area contributed by atoms with Gasteiger partial charge in [0.25, 0.3) is 5.91 Å². The SMILES string of the molecule is COc1cccc(NC(=O)C2CCc3cc(C)ccc3O2)c1. The molecule has 0 saturated carbocycles. The van der Waals surface area contributed by atoms with Crippen LogP contribution >= 0.6 is 0 Å². The Morgan fingerprint density at radius 2 is 2.14 bits per heavy atom. The Hall–Kier alpha value is -2.49. The van der Waals surface area contributed by atoms with E-state index in [2.05, 4.69) is 18.3 Å². The van der Waals surface area contributed by atoms with Crippen LogP contribution in [0.25, 0.3) is 0 Å². The average Bonchev–Trinajstić information content (AvgIpc) is 2.54. The molecular formula is C18H19NO3. The third-order valence-corrected chi connectivity index (χ3v) is 3.79. The van der Waals surface area contributed by atoms with Crippen molar-refractivity contribution in [2.75, 3.05) is 12.4 Å². The number of amides is 1. The van der Waals surface area contributed by atoms with Crippen molar-refractivity contribution < 1.29 is 14.3 Å². The lowest BCUT2D eigenvalue weighted by Gasteiger charge is -2.25. The molecule has 1 unspecified atom stereocenters. The minimum atomic E-state index is -0.457. The van der Waals surface area contributed by atoms with E-state index >= 15 is 0 Å². The fraction of sp³-hybridized carbons (Fsp3) is 0.278. The normalized spacial score (nSPS) is 16.4. The number of ether oxygens (including phenoxy) is 2. The van der Waals surface area contributed by atoms with E-state index in [0.717, 1.165) is 12.2 Å². The fourth-order valence-corrected chi connectivity index (χ4v) is 2.63. The van der Waals surface area contributed by atoms with E-state index in [-0.39, 0.29) is 5.91 Å². The third kappa shape index (κ3) is 3.06. The monoisotopic (exact) mass is 297 g/mol. The number of methoxy groups -OCH3 is 1. The van der Waals surface area contributed by atoms with Crippen LogP contribution in [0.15, 0.2) is 42.5 Å². The quantitative estimate of drug-likeness (QED) is 0.945. The first-order chi connectivity index (χ1) is 10.7. The number of fused-ring (bicyclic) bond motifs is 1. The van der Waals surface area contributed by atoms with Gasteiger partial charge >= 0.3 is 0 Å². The Morgan fingerprint density at radius 1 is 1.27 bits per heavy atom. The van der Waals surface area contributed by atoms with Crippen molar-refractivity contribution in [2.45, 2.75) is 25.9 Å². The molecule has 1 aliphatic rings. The average molecular weight is 297 g/mol. The number of nitrogens with one attached hydrogen (secondary N) is 1. The molecular weight excluding hydrogens is 278 g/mol. The lowest BCUT2D eigenvalue weighted by Crippen LogP contribution is -2.35. The van der Waals surface area contributed by atoms with Gasteiger partial charge in [0.05, 0.1) is 7.11 Å². The number of rotatable bonds is 3. The lowest BCUT2D eigenvalue weighted by molar-refractivity contribution is -0.123. The smallest absolute Gasteiger partial charge is 0.265 e. The van der Waals surface area contributed by atoms with Crippen LogP contribution in [0.1, 0.15) is 17.5 Å².